The number of fused-ring (bicyclic) bond motifs is 1. The molecule has 2 aliphatic rings. The molecule has 39 heavy (non-hydrogen) atoms. The molecule has 1 saturated carbocycles. The van der Waals surface area contributed by atoms with Crippen LogP contribution >= 0.6 is 11.6 Å². The first kappa shape index (κ1) is 23.8. The lowest BCUT2D eigenvalue weighted by molar-refractivity contribution is -0.149. The Kier molecular flexibility index (Phi) is 5.28. The number of halogens is 1. The van der Waals surface area contributed by atoms with Gasteiger partial charge in [-0.2, -0.15) is 15.3 Å². The second kappa shape index (κ2) is 8.64. The first-order valence-electron chi connectivity index (χ1n) is 13.0. The van der Waals surface area contributed by atoms with Crippen LogP contribution in [0.5, 0.6) is 0 Å². The van der Waals surface area contributed by atoms with Crippen molar-refractivity contribution in [3.05, 3.63) is 78.1 Å². The highest BCUT2D eigenvalue weighted by atomic mass is 35.5. The second-order valence-electron chi connectivity index (χ2n) is 10.8. The van der Waals surface area contributed by atoms with Crippen molar-refractivity contribution in [1.82, 2.24) is 39.6 Å². The summed E-state index contributed by atoms with van der Waals surface area (Å²) < 4.78 is 3.90. The van der Waals surface area contributed by atoms with E-state index in [0.717, 1.165) is 76.2 Å². The van der Waals surface area contributed by atoms with E-state index < -0.39 is 0 Å². The van der Waals surface area contributed by atoms with Crippen LogP contribution in [0.4, 0.5) is 0 Å². The van der Waals surface area contributed by atoms with E-state index in [2.05, 4.69) is 50.6 Å². The summed E-state index contributed by atoms with van der Waals surface area (Å²) in [5.74, 6) is 0.0106. The molecule has 1 N–H and O–H groups in total. The Bertz CT molecular complexity index is 1730. The van der Waals surface area contributed by atoms with Gasteiger partial charge in [-0.1, -0.05) is 30.3 Å². The highest BCUT2D eigenvalue weighted by molar-refractivity contribution is 6.36. The summed E-state index contributed by atoms with van der Waals surface area (Å²) >= 11 is 7.02. The number of nitrogens with zero attached hydrogens (tertiary/aromatic N) is 7. The van der Waals surface area contributed by atoms with Gasteiger partial charge in [-0.3, -0.25) is 14.6 Å². The van der Waals surface area contributed by atoms with E-state index in [-0.39, 0.29) is 17.4 Å². The van der Waals surface area contributed by atoms with Crippen LogP contribution in [0.15, 0.2) is 61.8 Å². The number of rotatable bonds is 5. The van der Waals surface area contributed by atoms with E-state index in [0.29, 0.717) is 5.02 Å². The number of carbonyl (C=O) groups is 1. The minimum atomic E-state index is 0.0106. The summed E-state index contributed by atoms with van der Waals surface area (Å²) in [7, 11) is 0. The molecule has 7 rings (SSSR count). The molecule has 1 aliphatic carbocycles. The Balaban J connectivity index is 1.32. The van der Waals surface area contributed by atoms with Crippen molar-refractivity contribution in [2.75, 3.05) is 13.1 Å². The molecule has 0 atom stereocenters. The minimum absolute atomic E-state index is 0.0106. The predicted octanol–water partition coefficient (Wildman–Crippen LogP) is 5.29. The third-order valence-electron chi connectivity index (χ3n) is 8.31. The lowest BCUT2D eigenvalue weighted by atomic mass is 9.60. The van der Waals surface area contributed by atoms with Gasteiger partial charge < -0.3 is 4.90 Å². The zero-order valence-corrected chi connectivity index (χ0v) is 22.5. The molecule has 0 unspecified atom stereocenters. The van der Waals surface area contributed by atoms with E-state index >= 15 is 0 Å². The van der Waals surface area contributed by atoms with Crippen LogP contribution in [0.3, 0.4) is 0 Å². The van der Waals surface area contributed by atoms with Gasteiger partial charge in [0, 0.05) is 46.3 Å². The van der Waals surface area contributed by atoms with Gasteiger partial charge in [-0.05, 0) is 56.5 Å². The van der Waals surface area contributed by atoms with Crippen LogP contribution in [-0.4, -0.2) is 58.6 Å². The van der Waals surface area contributed by atoms with Crippen molar-refractivity contribution in [3.63, 3.8) is 0 Å². The summed E-state index contributed by atoms with van der Waals surface area (Å²) in [6.45, 7) is 9.34. The Morgan fingerprint density at radius 3 is 2.64 bits per heavy atom. The average molecular weight is 539 g/mol. The fourth-order valence-corrected chi connectivity index (χ4v) is 6.60. The van der Waals surface area contributed by atoms with E-state index in [9.17, 15) is 4.79 Å². The highest BCUT2D eigenvalue weighted by Gasteiger charge is 2.54. The third-order valence-corrected chi connectivity index (χ3v) is 8.80. The second-order valence-corrected chi connectivity index (χ2v) is 11.2. The molecular formula is C29H27ClN8O. The van der Waals surface area contributed by atoms with Gasteiger partial charge in [0.1, 0.15) is 18.3 Å². The van der Waals surface area contributed by atoms with Crippen molar-refractivity contribution in [2.24, 2.45) is 5.41 Å². The van der Waals surface area contributed by atoms with Gasteiger partial charge in [-0.25, -0.2) is 9.67 Å². The first-order valence-corrected chi connectivity index (χ1v) is 13.3. The molecule has 3 aromatic heterocycles. The monoisotopic (exact) mass is 538 g/mol. The number of hydrogen-bond acceptors (Lipinski definition) is 5. The zero-order valence-electron chi connectivity index (χ0n) is 21.7. The van der Waals surface area contributed by atoms with Gasteiger partial charge in [-0.15, -0.1) is 0 Å². The molecule has 10 heteroatoms. The molecule has 1 aliphatic heterocycles. The smallest absolute Gasteiger partial charge is 0.245 e. The molecule has 1 amide bonds. The van der Waals surface area contributed by atoms with Crippen molar-refractivity contribution >= 4 is 28.4 Å². The maximum atomic E-state index is 12.0. The quantitative estimate of drug-likeness (QED) is 0.306. The number of aromatic nitrogens is 7. The normalized spacial score (nSPS) is 16.4. The number of amides is 1. The first-order chi connectivity index (χ1) is 18.9. The average Bonchev–Trinajstić information content (AvgIpc) is 3.65. The van der Waals surface area contributed by atoms with Gasteiger partial charge in [0.2, 0.25) is 5.91 Å². The lowest BCUT2D eigenvalue weighted by Gasteiger charge is -2.58. The van der Waals surface area contributed by atoms with Crippen LogP contribution in [0.25, 0.3) is 39.0 Å². The van der Waals surface area contributed by atoms with Gasteiger partial charge in [0.25, 0.3) is 0 Å². The number of nitrogens with one attached hydrogen (secondary N) is 1. The number of likely N-dealkylation sites (tertiary alicyclic amines) is 1. The van der Waals surface area contributed by atoms with E-state index in [1.807, 2.05) is 36.2 Å². The summed E-state index contributed by atoms with van der Waals surface area (Å²) in [4.78, 5) is 17.9. The van der Waals surface area contributed by atoms with Crippen molar-refractivity contribution in [1.29, 1.82) is 0 Å². The molecular weight excluding hydrogens is 512 g/mol. The summed E-state index contributed by atoms with van der Waals surface area (Å²) in [5.41, 5.74) is 7.92. The Morgan fingerprint density at radius 1 is 1.18 bits per heavy atom. The third kappa shape index (κ3) is 3.64. The zero-order chi connectivity index (χ0) is 26.9. The molecule has 0 radical (unpaired) electrons. The number of aryl methyl sites for hydroxylation is 1. The number of aromatic amines is 1. The SMILES string of the molecule is C=CC(=O)N1CC2(CC(n3nc(-c4ccc(-n5cncn5)cc4)c(-c4c(Cl)c(C)cc5[nH]ncc45)c3C)C2)C1. The number of H-pyrrole nitrogens is 1. The molecule has 4 heterocycles. The van der Waals surface area contributed by atoms with Crippen LogP contribution in [0.2, 0.25) is 5.02 Å². The van der Waals surface area contributed by atoms with Crippen LogP contribution in [-0.2, 0) is 4.79 Å². The standard InChI is InChI=1S/C29H27ClN8O/c1-4-24(39)36-13-29(14-36)10-21(11-29)38-18(3)25(26-22-12-32-34-23(22)9-17(2)27(26)30)28(35-38)19-5-7-20(8-6-19)37-16-31-15-33-37/h4-9,12,15-16,21H,1,10-11,13-14H2,2-3H3,(H,32,34). The van der Waals surface area contributed by atoms with Gasteiger partial charge in [0.15, 0.2) is 0 Å². The van der Waals surface area contributed by atoms with Crippen molar-refractivity contribution in [2.45, 2.75) is 32.7 Å². The molecule has 9 nitrogen and oxygen atoms in total. The Hall–Kier alpha value is -4.24. The maximum absolute atomic E-state index is 12.0. The number of hydrogen-bond donors (Lipinski definition) is 1. The van der Waals surface area contributed by atoms with Crippen molar-refractivity contribution in [3.8, 4) is 28.1 Å². The molecule has 1 saturated heterocycles. The van der Waals surface area contributed by atoms with E-state index in [4.69, 9.17) is 16.7 Å². The fraction of sp³-hybridized carbons (Fsp3) is 0.276. The number of carbonyl (C=O) groups excluding carboxylic acids is 1. The van der Waals surface area contributed by atoms with E-state index in [1.165, 1.54) is 12.4 Å². The fourth-order valence-electron chi connectivity index (χ4n) is 6.35. The van der Waals surface area contributed by atoms with Crippen LogP contribution in [0, 0.1) is 19.3 Å². The molecule has 1 spiro atoms. The van der Waals surface area contributed by atoms with Gasteiger partial charge in [0.05, 0.1) is 28.5 Å². The predicted molar refractivity (Wildman–Crippen MR) is 150 cm³/mol. The van der Waals surface area contributed by atoms with Crippen molar-refractivity contribution < 1.29 is 4.79 Å². The summed E-state index contributed by atoms with van der Waals surface area (Å²) in [5, 5.41) is 18.6. The summed E-state index contributed by atoms with van der Waals surface area (Å²) in [6, 6.07) is 10.5. The highest BCUT2D eigenvalue weighted by Crippen LogP contribution is 2.55. The van der Waals surface area contributed by atoms with Crippen LogP contribution in [0.1, 0.15) is 30.1 Å². The Morgan fingerprint density at radius 2 is 1.95 bits per heavy atom. The largest absolute Gasteiger partial charge is 0.338 e. The van der Waals surface area contributed by atoms with E-state index in [1.54, 1.807) is 11.0 Å². The minimum Gasteiger partial charge on any atom is -0.338 e. The maximum Gasteiger partial charge on any atom is 0.245 e. The van der Waals surface area contributed by atoms with Gasteiger partial charge >= 0.3 is 0 Å². The molecule has 0 bridgehead atoms. The molecule has 5 aromatic rings. The molecule has 2 aromatic carbocycles. The lowest BCUT2D eigenvalue weighted by Crippen LogP contribution is -2.63. The Labute approximate surface area is 230 Å². The molecule has 196 valence electrons. The number of benzene rings is 2. The summed E-state index contributed by atoms with van der Waals surface area (Å²) in [6.07, 6.45) is 8.41. The molecule has 2 fully saturated rings. The topological polar surface area (TPSA) is 97.5 Å². The van der Waals surface area contributed by atoms with Crippen LogP contribution < -0.4 is 0 Å².